The summed E-state index contributed by atoms with van der Waals surface area (Å²) in [5.41, 5.74) is -0.317. The molecule has 0 unspecified atom stereocenters. The molecule has 192 valence electrons. The lowest BCUT2D eigenvalue weighted by Gasteiger charge is -2.12. The summed E-state index contributed by atoms with van der Waals surface area (Å²) in [6.45, 7) is 1.55. The number of benzene rings is 2. The van der Waals surface area contributed by atoms with Crippen LogP contribution in [-0.4, -0.2) is 28.0 Å². The summed E-state index contributed by atoms with van der Waals surface area (Å²) < 4.78 is 105. The van der Waals surface area contributed by atoms with E-state index in [4.69, 9.17) is 0 Å². The van der Waals surface area contributed by atoms with Crippen LogP contribution in [0, 0.1) is 6.92 Å². The number of fused-ring (bicyclic) bond motifs is 1. The summed E-state index contributed by atoms with van der Waals surface area (Å²) in [7, 11) is -4.13. The number of rotatable bonds is 5. The number of anilines is 3. The van der Waals surface area contributed by atoms with Gasteiger partial charge in [0, 0.05) is 23.1 Å². The number of hydrogen-bond acceptors (Lipinski definition) is 6. The SMILES string of the molecule is Cc1cc(Nc2ccc(S(=O)(=O)Nc3ccc(C(F)(F)F)cc3)cc2)n2nc(C(F)(F)F)nc2n1.Cl. The average molecular weight is 553 g/mol. The lowest BCUT2D eigenvalue weighted by molar-refractivity contribution is -0.144. The summed E-state index contributed by atoms with van der Waals surface area (Å²) >= 11 is 0. The third-order valence-electron chi connectivity index (χ3n) is 4.60. The highest BCUT2D eigenvalue weighted by molar-refractivity contribution is 7.92. The second-order valence-electron chi connectivity index (χ2n) is 7.26. The van der Waals surface area contributed by atoms with E-state index >= 15 is 0 Å². The third-order valence-corrected chi connectivity index (χ3v) is 5.99. The first kappa shape index (κ1) is 27.0. The van der Waals surface area contributed by atoms with E-state index in [1.807, 2.05) is 0 Å². The topological polar surface area (TPSA) is 101 Å². The number of alkyl halides is 6. The Kier molecular flexibility index (Phi) is 7.10. The smallest absolute Gasteiger partial charge is 0.340 e. The zero-order chi connectivity index (χ0) is 25.6. The molecule has 2 heterocycles. The van der Waals surface area contributed by atoms with Crippen molar-refractivity contribution in [1.82, 2.24) is 19.6 Å². The fourth-order valence-corrected chi connectivity index (χ4v) is 4.06. The van der Waals surface area contributed by atoms with Gasteiger partial charge in [-0.15, -0.1) is 17.5 Å². The molecule has 0 radical (unpaired) electrons. The van der Waals surface area contributed by atoms with Crippen LogP contribution in [0.5, 0.6) is 0 Å². The summed E-state index contributed by atoms with van der Waals surface area (Å²) in [5, 5.41) is 6.26. The van der Waals surface area contributed by atoms with Crippen LogP contribution in [0.2, 0.25) is 0 Å². The van der Waals surface area contributed by atoms with Crippen LogP contribution >= 0.6 is 12.4 Å². The van der Waals surface area contributed by atoms with Crippen LogP contribution in [0.15, 0.2) is 59.5 Å². The minimum absolute atomic E-state index is 0. The van der Waals surface area contributed by atoms with Gasteiger partial charge in [0.15, 0.2) is 0 Å². The Morgan fingerprint density at radius 3 is 1.97 bits per heavy atom. The number of hydrogen-bond donors (Lipinski definition) is 2. The van der Waals surface area contributed by atoms with Gasteiger partial charge in [-0.1, -0.05) is 0 Å². The van der Waals surface area contributed by atoms with E-state index in [0.717, 1.165) is 28.8 Å². The predicted octanol–water partition coefficient (Wildman–Crippen LogP) is 5.44. The van der Waals surface area contributed by atoms with Crippen molar-refractivity contribution in [2.45, 2.75) is 24.2 Å². The maximum absolute atomic E-state index is 13.0. The fraction of sp³-hybridized carbons (Fsp3) is 0.150. The van der Waals surface area contributed by atoms with E-state index in [1.165, 1.54) is 30.3 Å². The Morgan fingerprint density at radius 1 is 0.833 bits per heavy atom. The molecule has 2 aromatic heterocycles. The van der Waals surface area contributed by atoms with Crippen LogP contribution in [-0.2, 0) is 22.4 Å². The largest absolute Gasteiger partial charge is 0.453 e. The average Bonchev–Trinajstić information content (AvgIpc) is 3.18. The van der Waals surface area contributed by atoms with Gasteiger partial charge in [0.1, 0.15) is 5.82 Å². The van der Waals surface area contributed by atoms with Crippen molar-refractivity contribution in [1.29, 1.82) is 0 Å². The molecule has 8 nitrogen and oxygen atoms in total. The zero-order valence-corrected chi connectivity index (χ0v) is 19.5. The Balaban J connectivity index is 0.00000361. The number of halogens is 7. The van der Waals surface area contributed by atoms with Gasteiger partial charge in [0.2, 0.25) is 0 Å². The Bertz CT molecular complexity index is 1490. The van der Waals surface area contributed by atoms with Crippen LogP contribution in [0.25, 0.3) is 5.78 Å². The Hall–Kier alpha value is -3.59. The maximum Gasteiger partial charge on any atom is 0.453 e. The Labute approximate surface area is 205 Å². The molecule has 36 heavy (non-hydrogen) atoms. The van der Waals surface area contributed by atoms with Crippen molar-refractivity contribution in [3.63, 3.8) is 0 Å². The molecule has 0 fully saturated rings. The molecule has 0 spiro atoms. The molecule has 2 N–H and O–H groups in total. The first-order chi connectivity index (χ1) is 16.2. The van der Waals surface area contributed by atoms with Crippen molar-refractivity contribution in [2.24, 2.45) is 0 Å². The number of sulfonamides is 1. The minimum Gasteiger partial charge on any atom is -0.340 e. The molecule has 0 aliphatic carbocycles. The number of nitrogens with one attached hydrogen (secondary N) is 2. The van der Waals surface area contributed by atoms with Gasteiger partial charge in [0.25, 0.3) is 21.6 Å². The molecular formula is C20H15ClF6N6O2S. The molecule has 0 amide bonds. The predicted molar refractivity (Wildman–Crippen MR) is 120 cm³/mol. The highest BCUT2D eigenvalue weighted by atomic mass is 35.5. The normalized spacial score (nSPS) is 12.3. The molecule has 0 bridgehead atoms. The maximum atomic E-state index is 13.0. The highest BCUT2D eigenvalue weighted by Gasteiger charge is 2.37. The van der Waals surface area contributed by atoms with Gasteiger partial charge < -0.3 is 5.32 Å². The minimum atomic E-state index is -4.77. The summed E-state index contributed by atoms with van der Waals surface area (Å²) in [5.74, 6) is -1.54. The first-order valence-corrected chi connectivity index (χ1v) is 11.1. The van der Waals surface area contributed by atoms with Gasteiger partial charge in [-0.25, -0.2) is 13.4 Å². The molecule has 0 atom stereocenters. The standard InChI is InChI=1S/C20H14F6N6O2S.ClH/c1-11-10-16(32-18(27-11)29-17(30-32)20(24,25)26)28-13-6-8-15(9-7-13)35(33,34)31-14-4-2-12(3-5-14)19(21,22)23;/h2-10,28,31H,1H3;1H. The van der Waals surface area contributed by atoms with Gasteiger partial charge >= 0.3 is 12.4 Å². The van der Waals surface area contributed by atoms with E-state index in [9.17, 15) is 34.8 Å². The summed E-state index contributed by atoms with van der Waals surface area (Å²) in [6, 6.07) is 10.0. The van der Waals surface area contributed by atoms with Crippen LogP contribution in [0.3, 0.4) is 0 Å². The van der Waals surface area contributed by atoms with E-state index in [1.54, 1.807) is 6.92 Å². The summed E-state index contributed by atoms with van der Waals surface area (Å²) in [4.78, 5) is 7.10. The lowest BCUT2D eigenvalue weighted by atomic mass is 10.2. The molecule has 4 aromatic rings. The van der Waals surface area contributed by atoms with Crippen LogP contribution in [0.4, 0.5) is 43.5 Å². The van der Waals surface area contributed by atoms with Crippen LogP contribution in [0.1, 0.15) is 17.1 Å². The fourth-order valence-electron chi connectivity index (χ4n) is 3.00. The third kappa shape index (κ3) is 5.79. The number of nitrogens with zero attached hydrogens (tertiary/aromatic N) is 4. The monoisotopic (exact) mass is 552 g/mol. The lowest BCUT2D eigenvalue weighted by Crippen LogP contribution is -2.13. The molecular weight excluding hydrogens is 538 g/mol. The number of aromatic nitrogens is 4. The van der Waals surface area contributed by atoms with E-state index in [0.29, 0.717) is 11.4 Å². The van der Waals surface area contributed by atoms with Gasteiger partial charge in [-0.05, 0) is 55.5 Å². The van der Waals surface area contributed by atoms with Gasteiger partial charge in [-0.2, -0.15) is 35.8 Å². The second kappa shape index (κ2) is 9.46. The molecule has 16 heteroatoms. The summed E-state index contributed by atoms with van der Waals surface area (Å²) in [6.07, 6.45) is -9.32. The zero-order valence-electron chi connectivity index (χ0n) is 17.9. The first-order valence-electron chi connectivity index (χ1n) is 9.61. The van der Waals surface area contributed by atoms with Gasteiger partial charge in [0.05, 0.1) is 10.5 Å². The van der Waals surface area contributed by atoms with Crippen molar-refractivity contribution in [3.8, 4) is 0 Å². The molecule has 0 saturated heterocycles. The van der Waals surface area contributed by atoms with E-state index < -0.39 is 33.8 Å². The highest BCUT2D eigenvalue weighted by Crippen LogP contribution is 2.31. The van der Waals surface area contributed by atoms with Crippen molar-refractivity contribution < 1.29 is 34.8 Å². The van der Waals surface area contributed by atoms with Crippen molar-refractivity contribution >= 4 is 45.4 Å². The van der Waals surface area contributed by atoms with Crippen molar-refractivity contribution in [2.75, 3.05) is 10.0 Å². The van der Waals surface area contributed by atoms with Crippen molar-refractivity contribution in [3.05, 3.63) is 71.7 Å². The Morgan fingerprint density at radius 2 is 1.42 bits per heavy atom. The number of aryl methyl sites for hydroxylation is 1. The second-order valence-corrected chi connectivity index (χ2v) is 8.94. The van der Waals surface area contributed by atoms with E-state index in [-0.39, 0.29) is 34.6 Å². The van der Waals surface area contributed by atoms with E-state index in [2.05, 4.69) is 25.1 Å². The molecule has 4 rings (SSSR count). The van der Waals surface area contributed by atoms with Crippen LogP contribution < -0.4 is 10.0 Å². The molecule has 0 saturated carbocycles. The quantitative estimate of drug-likeness (QED) is 0.320. The molecule has 0 aliphatic rings. The van der Waals surface area contributed by atoms with Gasteiger partial charge in [-0.3, -0.25) is 4.72 Å². The molecule has 0 aliphatic heterocycles. The molecule has 2 aromatic carbocycles.